The van der Waals surface area contributed by atoms with Gasteiger partial charge in [-0.2, -0.15) is 0 Å². The van der Waals surface area contributed by atoms with Gasteiger partial charge in [-0.15, -0.1) is 22.9 Å². The van der Waals surface area contributed by atoms with Gasteiger partial charge in [-0.1, -0.05) is 35.9 Å². The van der Waals surface area contributed by atoms with Gasteiger partial charge < -0.3 is 5.32 Å². The second-order valence-electron chi connectivity index (χ2n) is 6.59. The molecule has 3 rings (SSSR count). The molecule has 0 bridgehead atoms. The summed E-state index contributed by atoms with van der Waals surface area (Å²) in [4.78, 5) is 16.9. The van der Waals surface area contributed by atoms with Crippen molar-refractivity contribution in [3.8, 4) is 21.8 Å². The Labute approximate surface area is 167 Å². The zero-order valence-electron chi connectivity index (χ0n) is 14.4. The van der Waals surface area contributed by atoms with Crippen molar-refractivity contribution in [1.82, 2.24) is 4.98 Å². The van der Waals surface area contributed by atoms with E-state index < -0.39 is 5.41 Å². The molecule has 0 radical (unpaired) electrons. The van der Waals surface area contributed by atoms with Gasteiger partial charge in [0.05, 0.1) is 11.1 Å². The zero-order chi connectivity index (χ0) is 18.7. The number of carbonyl (C=O) groups excluding carboxylic acids is 1. The summed E-state index contributed by atoms with van der Waals surface area (Å²) in [6.45, 7) is 3.63. The monoisotopic (exact) mass is 404 g/mol. The summed E-state index contributed by atoms with van der Waals surface area (Å²) < 4.78 is 0. The fraction of sp³-hybridized carbons (Fsp3) is 0.200. The second kappa shape index (κ2) is 7.78. The molecule has 6 heteroatoms. The number of hydrogen-bond acceptors (Lipinski definition) is 3. The highest BCUT2D eigenvalue weighted by Gasteiger charge is 2.26. The molecule has 1 amide bonds. The Morgan fingerprint density at radius 3 is 2.31 bits per heavy atom. The largest absolute Gasteiger partial charge is 0.326 e. The summed E-state index contributed by atoms with van der Waals surface area (Å²) in [5, 5.41) is 6.57. The smallest absolute Gasteiger partial charge is 0.231 e. The topological polar surface area (TPSA) is 42.0 Å². The highest BCUT2D eigenvalue weighted by Crippen LogP contribution is 2.30. The average Bonchev–Trinajstić information content (AvgIpc) is 3.13. The first kappa shape index (κ1) is 18.9. The number of nitrogens with zero attached hydrogens (tertiary/aromatic N) is 1. The van der Waals surface area contributed by atoms with Crippen LogP contribution in [-0.4, -0.2) is 16.8 Å². The van der Waals surface area contributed by atoms with Crippen molar-refractivity contribution in [2.75, 3.05) is 11.2 Å². The Morgan fingerprint density at radius 1 is 1.08 bits per heavy atom. The van der Waals surface area contributed by atoms with Gasteiger partial charge in [-0.25, -0.2) is 4.98 Å². The third-order valence-electron chi connectivity index (χ3n) is 3.98. The Morgan fingerprint density at radius 2 is 1.69 bits per heavy atom. The van der Waals surface area contributed by atoms with Crippen LogP contribution >= 0.6 is 34.5 Å². The molecule has 1 heterocycles. The number of thiazole rings is 1. The lowest BCUT2D eigenvalue weighted by atomic mass is 9.95. The van der Waals surface area contributed by atoms with Crippen LogP contribution in [0.2, 0.25) is 5.02 Å². The normalized spacial score (nSPS) is 11.4. The number of nitrogens with one attached hydrogen (secondary N) is 1. The molecule has 1 N–H and O–H groups in total. The molecule has 3 aromatic rings. The molecule has 3 nitrogen and oxygen atoms in total. The van der Waals surface area contributed by atoms with E-state index in [1.165, 1.54) is 0 Å². The molecule has 2 aromatic carbocycles. The standard InChI is InChI=1S/C20H18Cl2N2OS/c1-20(2,12-21)19(25)23-16-9-5-13(6-10-16)17-11-26-18(24-17)14-3-7-15(22)8-4-14/h3-11H,12H2,1-2H3,(H,23,25). The molecule has 1 aromatic heterocycles. The summed E-state index contributed by atoms with van der Waals surface area (Å²) in [6.07, 6.45) is 0. The number of hydrogen-bond donors (Lipinski definition) is 1. The highest BCUT2D eigenvalue weighted by atomic mass is 35.5. The summed E-state index contributed by atoms with van der Waals surface area (Å²) >= 11 is 13.4. The number of amides is 1. The van der Waals surface area contributed by atoms with Gasteiger partial charge in [-0.3, -0.25) is 4.79 Å². The minimum absolute atomic E-state index is 0.0982. The van der Waals surface area contributed by atoms with Gasteiger partial charge in [0.25, 0.3) is 0 Å². The van der Waals surface area contributed by atoms with Crippen molar-refractivity contribution < 1.29 is 4.79 Å². The van der Waals surface area contributed by atoms with Crippen LogP contribution in [0.3, 0.4) is 0 Å². The van der Waals surface area contributed by atoms with Crippen molar-refractivity contribution >= 4 is 46.1 Å². The van der Waals surface area contributed by atoms with Gasteiger partial charge >= 0.3 is 0 Å². The molecular formula is C20H18Cl2N2OS. The molecular weight excluding hydrogens is 387 g/mol. The van der Waals surface area contributed by atoms with Crippen LogP contribution in [0, 0.1) is 5.41 Å². The number of benzene rings is 2. The third-order valence-corrected chi connectivity index (χ3v) is 5.79. The minimum atomic E-state index is -0.609. The summed E-state index contributed by atoms with van der Waals surface area (Å²) in [5.41, 5.74) is 3.07. The molecule has 0 saturated carbocycles. The van der Waals surface area contributed by atoms with Gasteiger partial charge in [0.15, 0.2) is 0 Å². The van der Waals surface area contributed by atoms with Crippen LogP contribution in [0.4, 0.5) is 5.69 Å². The summed E-state index contributed by atoms with van der Waals surface area (Å²) in [7, 11) is 0. The van der Waals surface area contributed by atoms with Crippen LogP contribution in [0.25, 0.3) is 21.8 Å². The average molecular weight is 405 g/mol. The van der Waals surface area contributed by atoms with E-state index in [1.54, 1.807) is 11.3 Å². The van der Waals surface area contributed by atoms with Crippen molar-refractivity contribution in [2.24, 2.45) is 5.41 Å². The number of aromatic nitrogens is 1. The molecule has 0 fully saturated rings. The third kappa shape index (κ3) is 4.26. The molecule has 0 aliphatic rings. The molecule has 0 unspecified atom stereocenters. The first-order valence-electron chi connectivity index (χ1n) is 8.08. The Hall–Kier alpha value is -1.88. The zero-order valence-corrected chi connectivity index (χ0v) is 16.8. The Bertz CT molecular complexity index is 902. The van der Waals surface area contributed by atoms with E-state index in [0.717, 1.165) is 27.5 Å². The van der Waals surface area contributed by atoms with E-state index in [9.17, 15) is 4.79 Å². The minimum Gasteiger partial charge on any atom is -0.326 e. The molecule has 0 spiro atoms. The predicted molar refractivity (Wildman–Crippen MR) is 111 cm³/mol. The number of carbonyl (C=O) groups is 1. The van der Waals surface area contributed by atoms with Gasteiger partial charge in [0.1, 0.15) is 5.01 Å². The van der Waals surface area contributed by atoms with E-state index in [0.29, 0.717) is 5.02 Å². The summed E-state index contributed by atoms with van der Waals surface area (Å²) in [6, 6.07) is 15.3. The maximum absolute atomic E-state index is 12.2. The molecule has 134 valence electrons. The Kier molecular flexibility index (Phi) is 5.66. The number of alkyl halides is 1. The maximum Gasteiger partial charge on any atom is 0.231 e. The van der Waals surface area contributed by atoms with Crippen LogP contribution < -0.4 is 5.32 Å². The highest BCUT2D eigenvalue weighted by molar-refractivity contribution is 7.13. The van der Waals surface area contributed by atoms with Gasteiger partial charge in [0, 0.05) is 33.1 Å². The lowest BCUT2D eigenvalue weighted by Gasteiger charge is -2.20. The predicted octanol–water partition coefficient (Wildman–Crippen LogP) is 6.33. The number of anilines is 1. The molecule has 0 aliphatic carbocycles. The Balaban J connectivity index is 1.75. The van der Waals surface area contributed by atoms with Crippen LogP contribution in [-0.2, 0) is 4.79 Å². The van der Waals surface area contributed by atoms with E-state index in [2.05, 4.69) is 5.32 Å². The quantitative estimate of drug-likeness (QED) is 0.504. The van der Waals surface area contributed by atoms with Crippen LogP contribution in [0.5, 0.6) is 0 Å². The van der Waals surface area contributed by atoms with Crippen molar-refractivity contribution in [2.45, 2.75) is 13.8 Å². The fourth-order valence-electron chi connectivity index (χ4n) is 2.22. The van der Waals surface area contributed by atoms with Crippen LogP contribution in [0.1, 0.15) is 13.8 Å². The van der Waals surface area contributed by atoms with E-state index in [-0.39, 0.29) is 11.8 Å². The first-order chi connectivity index (χ1) is 12.4. The summed E-state index contributed by atoms with van der Waals surface area (Å²) in [5.74, 6) is 0.169. The SMILES string of the molecule is CC(C)(CCl)C(=O)Nc1ccc(-c2csc(-c3ccc(Cl)cc3)n2)cc1. The maximum atomic E-state index is 12.2. The van der Waals surface area contributed by atoms with Crippen LogP contribution in [0.15, 0.2) is 53.9 Å². The van der Waals surface area contributed by atoms with Crippen molar-refractivity contribution in [3.05, 3.63) is 58.9 Å². The van der Waals surface area contributed by atoms with E-state index in [4.69, 9.17) is 28.2 Å². The molecule has 26 heavy (non-hydrogen) atoms. The molecule has 0 saturated heterocycles. The lowest BCUT2D eigenvalue weighted by Crippen LogP contribution is -2.32. The lowest BCUT2D eigenvalue weighted by molar-refractivity contribution is -0.122. The second-order valence-corrected chi connectivity index (χ2v) is 8.16. The van der Waals surface area contributed by atoms with Gasteiger partial charge in [-0.05, 0) is 38.1 Å². The first-order valence-corrected chi connectivity index (χ1v) is 9.87. The van der Waals surface area contributed by atoms with E-state index in [1.807, 2.05) is 67.8 Å². The molecule has 0 aliphatic heterocycles. The van der Waals surface area contributed by atoms with Gasteiger partial charge in [0.2, 0.25) is 5.91 Å². The molecule has 0 atom stereocenters. The van der Waals surface area contributed by atoms with E-state index >= 15 is 0 Å². The van der Waals surface area contributed by atoms with Crippen molar-refractivity contribution in [1.29, 1.82) is 0 Å². The van der Waals surface area contributed by atoms with Crippen molar-refractivity contribution in [3.63, 3.8) is 0 Å². The fourth-order valence-corrected chi connectivity index (χ4v) is 3.30. The number of rotatable bonds is 5. The number of halogens is 2.